The van der Waals surface area contributed by atoms with Gasteiger partial charge in [0.15, 0.2) is 0 Å². The van der Waals surface area contributed by atoms with Gasteiger partial charge in [0.2, 0.25) is 5.91 Å². The van der Waals surface area contributed by atoms with Crippen LogP contribution in [0.4, 0.5) is 0 Å². The monoisotopic (exact) mass is 333 g/mol. The summed E-state index contributed by atoms with van der Waals surface area (Å²) in [4.78, 5) is 33.7. The molecule has 2 aliphatic heterocycles. The third kappa shape index (κ3) is 3.77. The molecule has 1 aromatic rings. The zero-order valence-electron chi connectivity index (χ0n) is 14.5. The van der Waals surface area contributed by atoms with Crippen molar-refractivity contribution >= 4 is 11.8 Å². The predicted octanol–water partition coefficient (Wildman–Crippen LogP) is 0.462. The van der Waals surface area contributed by atoms with Crippen molar-refractivity contribution in [1.29, 1.82) is 0 Å². The van der Waals surface area contributed by atoms with Crippen molar-refractivity contribution in [1.82, 2.24) is 20.2 Å². The molecule has 0 aromatic carbocycles. The van der Waals surface area contributed by atoms with Crippen LogP contribution in [0, 0.1) is 11.3 Å². The lowest BCUT2D eigenvalue weighted by Gasteiger charge is -2.30. The summed E-state index contributed by atoms with van der Waals surface area (Å²) in [5.41, 5.74) is 6.91. The largest absolute Gasteiger partial charge is 0.369 e. The van der Waals surface area contributed by atoms with Crippen molar-refractivity contribution in [3.63, 3.8) is 0 Å². The third-order valence-electron chi connectivity index (χ3n) is 5.00. The van der Waals surface area contributed by atoms with E-state index in [0.29, 0.717) is 12.2 Å². The van der Waals surface area contributed by atoms with E-state index in [9.17, 15) is 9.59 Å². The van der Waals surface area contributed by atoms with E-state index in [1.165, 1.54) is 0 Å². The van der Waals surface area contributed by atoms with E-state index in [2.05, 4.69) is 34.0 Å². The second kappa shape index (κ2) is 6.55. The van der Waals surface area contributed by atoms with Gasteiger partial charge < -0.3 is 20.9 Å². The number of hydrogen-bond donors (Lipinski definition) is 3. The Morgan fingerprint density at radius 3 is 3.00 bits per heavy atom. The van der Waals surface area contributed by atoms with E-state index in [-0.39, 0.29) is 23.1 Å². The highest BCUT2D eigenvalue weighted by molar-refractivity contribution is 5.93. The van der Waals surface area contributed by atoms with E-state index >= 15 is 0 Å². The van der Waals surface area contributed by atoms with Gasteiger partial charge in [-0.3, -0.25) is 9.59 Å². The van der Waals surface area contributed by atoms with Crippen molar-refractivity contribution in [3.8, 4) is 0 Å². The molecule has 1 saturated heterocycles. The Morgan fingerprint density at radius 1 is 1.46 bits per heavy atom. The Bertz CT molecular complexity index is 637. The molecule has 132 valence electrons. The standard InChI is InChI=1S/C17H27N5O2/c1-17(2)8-12-14(16(24)19-10-17)21-13(20-12)5-7-22-6-3-4-11(9-22)15(18)23/h11H,3-10H2,1-2H3,(H2,18,23)(H,19,24)(H,20,21). The highest BCUT2D eigenvalue weighted by Gasteiger charge is 2.30. The molecule has 0 radical (unpaired) electrons. The number of primary amides is 1. The van der Waals surface area contributed by atoms with Crippen LogP contribution >= 0.6 is 0 Å². The molecule has 1 atom stereocenters. The zero-order valence-corrected chi connectivity index (χ0v) is 14.5. The summed E-state index contributed by atoms with van der Waals surface area (Å²) < 4.78 is 0. The van der Waals surface area contributed by atoms with Gasteiger partial charge in [-0.25, -0.2) is 4.98 Å². The SMILES string of the molecule is CC1(C)CNC(=O)c2nc(CCN3CCCC(C(N)=O)C3)[nH]c2C1. The zero-order chi connectivity index (χ0) is 17.3. The van der Waals surface area contributed by atoms with Gasteiger partial charge in [-0.2, -0.15) is 0 Å². The van der Waals surface area contributed by atoms with Crippen LogP contribution in [0.1, 0.15) is 48.7 Å². The average molecular weight is 333 g/mol. The molecule has 3 rings (SSSR count). The second-order valence-corrected chi connectivity index (χ2v) is 7.83. The number of fused-ring (bicyclic) bond motifs is 1. The number of nitrogens with one attached hydrogen (secondary N) is 2. The fourth-order valence-corrected chi connectivity index (χ4v) is 3.60. The van der Waals surface area contributed by atoms with E-state index in [1.807, 2.05) is 0 Å². The van der Waals surface area contributed by atoms with E-state index < -0.39 is 0 Å². The molecule has 0 saturated carbocycles. The van der Waals surface area contributed by atoms with Gasteiger partial charge in [0.25, 0.3) is 5.91 Å². The molecule has 1 unspecified atom stereocenters. The fraction of sp³-hybridized carbons (Fsp3) is 0.706. The Hall–Kier alpha value is -1.89. The van der Waals surface area contributed by atoms with E-state index in [0.717, 1.165) is 56.8 Å². The summed E-state index contributed by atoms with van der Waals surface area (Å²) in [6, 6.07) is 0. The molecule has 3 heterocycles. The first kappa shape index (κ1) is 17.0. The van der Waals surface area contributed by atoms with E-state index in [1.54, 1.807) is 0 Å². The summed E-state index contributed by atoms with van der Waals surface area (Å²) in [6.07, 6.45) is 3.43. The molecule has 0 aliphatic carbocycles. The second-order valence-electron chi connectivity index (χ2n) is 7.83. The summed E-state index contributed by atoms with van der Waals surface area (Å²) in [6.45, 7) is 7.47. The number of nitrogens with zero attached hydrogens (tertiary/aromatic N) is 2. The molecule has 7 heteroatoms. The van der Waals surface area contributed by atoms with Crippen molar-refractivity contribution < 1.29 is 9.59 Å². The minimum Gasteiger partial charge on any atom is -0.369 e. The molecular formula is C17H27N5O2. The highest BCUT2D eigenvalue weighted by Crippen LogP contribution is 2.25. The fourth-order valence-electron chi connectivity index (χ4n) is 3.60. The number of imidazole rings is 1. The molecule has 2 aliphatic rings. The topological polar surface area (TPSA) is 104 Å². The van der Waals surface area contributed by atoms with Crippen molar-refractivity contribution in [3.05, 3.63) is 17.2 Å². The molecule has 1 fully saturated rings. The summed E-state index contributed by atoms with van der Waals surface area (Å²) in [7, 11) is 0. The number of piperidine rings is 1. The molecule has 0 bridgehead atoms. The lowest BCUT2D eigenvalue weighted by Crippen LogP contribution is -2.41. The number of amides is 2. The number of rotatable bonds is 4. The molecule has 2 amide bonds. The first-order valence-corrected chi connectivity index (χ1v) is 8.72. The van der Waals surface area contributed by atoms with Crippen LogP contribution in [0.3, 0.4) is 0 Å². The van der Waals surface area contributed by atoms with Crippen LogP contribution in [-0.4, -0.2) is 52.9 Å². The Balaban J connectivity index is 1.64. The maximum absolute atomic E-state index is 12.2. The number of carbonyl (C=O) groups is 2. The van der Waals surface area contributed by atoms with Crippen molar-refractivity contribution in [2.24, 2.45) is 17.1 Å². The summed E-state index contributed by atoms with van der Waals surface area (Å²) in [5.74, 6) is 0.501. The van der Waals surface area contributed by atoms with E-state index in [4.69, 9.17) is 5.73 Å². The van der Waals surface area contributed by atoms with Crippen LogP contribution in [-0.2, 0) is 17.6 Å². The number of carbonyl (C=O) groups excluding carboxylic acids is 2. The third-order valence-corrected chi connectivity index (χ3v) is 5.00. The molecule has 1 aromatic heterocycles. The smallest absolute Gasteiger partial charge is 0.271 e. The first-order chi connectivity index (χ1) is 11.3. The lowest BCUT2D eigenvalue weighted by molar-refractivity contribution is -0.123. The number of nitrogens with two attached hydrogens (primary N) is 1. The lowest BCUT2D eigenvalue weighted by atomic mass is 9.88. The van der Waals surface area contributed by atoms with Gasteiger partial charge in [-0.1, -0.05) is 13.8 Å². The predicted molar refractivity (Wildman–Crippen MR) is 90.5 cm³/mol. The van der Waals surface area contributed by atoms with Crippen LogP contribution in [0.5, 0.6) is 0 Å². The Kier molecular flexibility index (Phi) is 4.62. The maximum Gasteiger partial charge on any atom is 0.271 e. The molecule has 0 spiro atoms. The van der Waals surface area contributed by atoms with Crippen LogP contribution in [0.2, 0.25) is 0 Å². The van der Waals surface area contributed by atoms with Crippen molar-refractivity contribution in [2.45, 2.75) is 39.5 Å². The molecule has 7 nitrogen and oxygen atoms in total. The normalized spacial score (nSPS) is 24.1. The number of H-pyrrole nitrogens is 1. The molecule has 4 N–H and O–H groups in total. The molecular weight excluding hydrogens is 306 g/mol. The Labute approximate surface area is 142 Å². The Morgan fingerprint density at radius 2 is 2.25 bits per heavy atom. The quantitative estimate of drug-likeness (QED) is 0.744. The maximum atomic E-state index is 12.2. The summed E-state index contributed by atoms with van der Waals surface area (Å²) in [5, 5.41) is 2.94. The minimum atomic E-state index is -0.205. The van der Waals surface area contributed by atoms with Gasteiger partial charge in [0.1, 0.15) is 11.5 Å². The average Bonchev–Trinajstić information content (AvgIpc) is 2.88. The van der Waals surface area contributed by atoms with Gasteiger partial charge >= 0.3 is 0 Å². The summed E-state index contributed by atoms with van der Waals surface area (Å²) >= 11 is 0. The van der Waals surface area contributed by atoms with Gasteiger partial charge in [0.05, 0.1) is 5.92 Å². The van der Waals surface area contributed by atoms with Crippen LogP contribution < -0.4 is 11.1 Å². The first-order valence-electron chi connectivity index (χ1n) is 8.72. The van der Waals surface area contributed by atoms with Gasteiger partial charge in [-0.15, -0.1) is 0 Å². The number of aromatic amines is 1. The number of aromatic nitrogens is 2. The van der Waals surface area contributed by atoms with Crippen molar-refractivity contribution in [2.75, 3.05) is 26.2 Å². The number of hydrogen-bond acceptors (Lipinski definition) is 4. The van der Waals surface area contributed by atoms with Gasteiger partial charge in [0, 0.05) is 31.7 Å². The molecule has 24 heavy (non-hydrogen) atoms. The van der Waals surface area contributed by atoms with Crippen LogP contribution in [0.15, 0.2) is 0 Å². The highest BCUT2D eigenvalue weighted by atomic mass is 16.2. The van der Waals surface area contributed by atoms with Crippen LogP contribution in [0.25, 0.3) is 0 Å². The van der Waals surface area contributed by atoms with Gasteiger partial charge in [-0.05, 0) is 31.2 Å². The number of likely N-dealkylation sites (tertiary alicyclic amines) is 1. The minimum absolute atomic E-state index is 0.0201.